The summed E-state index contributed by atoms with van der Waals surface area (Å²) in [4.78, 5) is 25.5. The highest BCUT2D eigenvalue weighted by atomic mass is 35.5. The van der Waals surface area contributed by atoms with Crippen LogP contribution in [0.3, 0.4) is 0 Å². The molecule has 11 heteroatoms. The first-order chi connectivity index (χ1) is 18.9. The Balaban J connectivity index is 1.22. The van der Waals surface area contributed by atoms with Crippen molar-refractivity contribution in [1.82, 2.24) is 15.2 Å². The van der Waals surface area contributed by atoms with E-state index in [-0.39, 0.29) is 23.8 Å². The lowest BCUT2D eigenvalue weighted by Crippen LogP contribution is -2.18. The van der Waals surface area contributed by atoms with Crippen LogP contribution in [-0.2, 0) is 6.54 Å². The van der Waals surface area contributed by atoms with Crippen molar-refractivity contribution in [1.29, 1.82) is 0 Å². The van der Waals surface area contributed by atoms with E-state index >= 15 is 0 Å². The molecule has 39 heavy (non-hydrogen) atoms. The Kier molecular flexibility index (Phi) is 7.67. The first-order valence-electron chi connectivity index (χ1n) is 11.6. The van der Waals surface area contributed by atoms with Crippen LogP contribution in [0.15, 0.2) is 84.1 Å². The zero-order valence-electron chi connectivity index (χ0n) is 20.4. The zero-order valence-corrected chi connectivity index (χ0v) is 22.0. The number of rotatable bonds is 8. The van der Waals surface area contributed by atoms with Gasteiger partial charge in [-0.25, -0.2) is 14.6 Å². The van der Waals surface area contributed by atoms with Crippen LogP contribution in [0.25, 0.3) is 10.1 Å². The maximum Gasteiger partial charge on any atom is 0.355 e. The summed E-state index contributed by atoms with van der Waals surface area (Å²) in [5, 5.41) is 9.26. The molecule has 0 radical (unpaired) electrons. The number of fused-ring (bicyclic) bond motifs is 1. The van der Waals surface area contributed by atoms with Gasteiger partial charge in [-0.3, -0.25) is 9.48 Å². The number of nitrogens with one attached hydrogen (secondary N) is 1. The largest absolute Gasteiger partial charge is 0.493 e. The Bertz CT molecular complexity index is 1720. The Hall–Kier alpha value is -4.54. The number of nitrogens with zero attached hydrogens (tertiary/aromatic N) is 3. The third-order valence-electron chi connectivity index (χ3n) is 5.65. The molecule has 0 saturated carbocycles. The van der Waals surface area contributed by atoms with Gasteiger partial charge >= 0.3 is 5.97 Å². The van der Waals surface area contributed by atoms with Crippen molar-refractivity contribution < 1.29 is 23.5 Å². The fourth-order valence-electron chi connectivity index (χ4n) is 3.74. The van der Waals surface area contributed by atoms with E-state index in [2.05, 4.69) is 15.6 Å². The summed E-state index contributed by atoms with van der Waals surface area (Å²) in [6, 6.07) is 20.1. The first-order valence-corrected chi connectivity index (χ1v) is 12.8. The summed E-state index contributed by atoms with van der Waals surface area (Å²) in [6.07, 6.45) is 2.99. The summed E-state index contributed by atoms with van der Waals surface area (Å²) in [6.45, 7) is 0.190. The number of esters is 1. The van der Waals surface area contributed by atoms with E-state index in [0.29, 0.717) is 26.8 Å². The molecule has 0 aliphatic carbocycles. The molecule has 0 aliphatic heterocycles. The van der Waals surface area contributed by atoms with Gasteiger partial charge in [0, 0.05) is 21.8 Å². The molecule has 0 atom stereocenters. The van der Waals surface area contributed by atoms with Gasteiger partial charge in [-0.2, -0.15) is 10.2 Å². The number of hydrazone groups is 1. The lowest BCUT2D eigenvalue weighted by atomic mass is 10.2. The summed E-state index contributed by atoms with van der Waals surface area (Å²) in [5.74, 6) is -0.970. The summed E-state index contributed by atoms with van der Waals surface area (Å²) >= 11 is 7.64. The molecule has 0 unspecified atom stereocenters. The molecular formula is C28H20ClFN4O4S. The van der Waals surface area contributed by atoms with Gasteiger partial charge in [0.2, 0.25) is 0 Å². The van der Waals surface area contributed by atoms with Gasteiger partial charge in [-0.1, -0.05) is 48.0 Å². The molecule has 196 valence electrons. The van der Waals surface area contributed by atoms with Crippen molar-refractivity contribution in [3.05, 3.63) is 112 Å². The van der Waals surface area contributed by atoms with Gasteiger partial charge in [0.25, 0.3) is 5.91 Å². The smallest absolute Gasteiger partial charge is 0.355 e. The topological polar surface area (TPSA) is 94.8 Å². The minimum absolute atomic E-state index is 0.128. The predicted molar refractivity (Wildman–Crippen MR) is 148 cm³/mol. The van der Waals surface area contributed by atoms with Crippen LogP contribution in [0, 0.1) is 5.82 Å². The standard InChI is InChI=1S/C28H20ClFN4O4S/c1-37-23-14-17(10-11-22(23)38-28(36)26-25(29)19-7-3-5-9-24(19)39-26)15-31-32-27(35)21-12-13-34(33-21)16-18-6-2-4-8-20(18)30/h2-15H,16H2,1H3,(H,32,35). The Morgan fingerprint density at radius 3 is 2.69 bits per heavy atom. The van der Waals surface area contributed by atoms with Crippen molar-refractivity contribution in [3.8, 4) is 11.5 Å². The number of halogens is 2. The van der Waals surface area contributed by atoms with E-state index in [1.165, 1.54) is 41.5 Å². The van der Waals surface area contributed by atoms with Gasteiger partial charge in [-0.15, -0.1) is 11.3 Å². The van der Waals surface area contributed by atoms with Crippen LogP contribution in [0.5, 0.6) is 11.5 Å². The highest BCUT2D eigenvalue weighted by Crippen LogP contribution is 2.37. The van der Waals surface area contributed by atoms with Gasteiger partial charge in [0.15, 0.2) is 17.2 Å². The van der Waals surface area contributed by atoms with Crippen LogP contribution >= 0.6 is 22.9 Å². The zero-order chi connectivity index (χ0) is 27.4. The molecule has 1 amide bonds. The maximum atomic E-state index is 13.9. The van der Waals surface area contributed by atoms with Crippen molar-refractivity contribution in [2.75, 3.05) is 7.11 Å². The van der Waals surface area contributed by atoms with Gasteiger partial charge in [-0.05, 0) is 42.0 Å². The summed E-state index contributed by atoms with van der Waals surface area (Å²) < 4.78 is 27.1. The lowest BCUT2D eigenvalue weighted by Gasteiger charge is -2.09. The molecule has 0 saturated heterocycles. The number of hydrogen-bond acceptors (Lipinski definition) is 7. The number of carbonyl (C=O) groups is 2. The van der Waals surface area contributed by atoms with Gasteiger partial charge < -0.3 is 9.47 Å². The van der Waals surface area contributed by atoms with Gasteiger partial charge in [0.05, 0.1) is 24.9 Å². The molecule has 0 bridgehead atoms. The van der Waals surface area contributed by atoms with Gasteiger partial charge in [0.1, 0.15) is 10.7 Å². The fraction of sp³-hybridized carbons (Fsp3) is 0.0714. The molecule has 2 heterocycles. The second kappa shape index (κ2) is 11.5. The summed E-state index contributed by atoms with van der Waals surface area (Å²) in [7, 11) is 1.44. The number of benzene rings is 3. The molecule has 0 aliphatic rings. The molecule has 5 rings (SSSR count). The third-order valence-corrected chi connectivity index (χ3v) is 7.31. The molecule has 3 aromatic carbocycles. The minimum atomic E-state index is -0.595. The fourth-order valence-corrected chi connectivity index (χ4v) is 5.12. The maximum absolute atomic E-state index is 13.9. The molecule has 8 nitrogen and oxygen atoms in total. The monoisotopic (exact) mass is 562 g/mol. The predicted octanol–water partition coefficient (Wildman–Crippen LogP) is 5.93. The lowest BCUT2D eigenvalue weighted by molar-refractivity contribution is 0.0734. The van der Waals surface area contributed by atoms with Crippen LogP contribution in [0.4, 0.5) is 4.39 Å². The van der Waals surface area contributed by atoms with Crippen LogP contribution < -0.4 is 14.9 Å². The van der Waals surface area contributed by atoms with E-state index in [9.17, 15) is 14.0 Å². The Labute approximate surface area is 231 Å². The molecule has 2 aromatic heterocycles. The van der Waals surface area contributed by atoms with E-state index in [1.807, 2.05) is 24.3 Å². The number of amides is 1. The third kappa shape index (κ3) is 5.82. The second-order valence-electron chi connectivity index (χ2n) is 8.23. The molecule has 5 aromatic rings. The minimum Gasteiger partial charge on any atom is -0.493 e. The number of ether oxygens (including phenoxy) is 2. The SMILES string of the molecule is COc1cc(C=NNC(=O)c2ccn(Cc3ccccc3F)n2)ccc1OC(=O)c1sc2ccccc2c1Cl. The average Bonchev–Trinajstić information content (AvgIpc) is 3.55. The number of aromatic nitrogens is 2. The van der Waals surface area contributed by atoms with E-state index in [0.717, 1.165) is 10.1 Å². The highest BCUT2D eigenvalue weighted by molar-refractivity contribution is 7.21. The average molecular weight is 563 g/mol. The Morgan fingerprint density at radius 2 is 1.90 bits per heavy atom. The number of thiophene rings is 1. The number of methoxy groups -OCH3 is 1. The first kappa shape index (κ1) is 26.1. The Morgan fingerprint density at radius 1 is 1.10 bits per heavy atom. The van der Waals surface area contributed by atoms with Crippen LogP contribution in [0.2, 0.25) is 5.02 Å². The summed E-state index contributed by atoms with van der Waals surface area (Å²) in [5.41, 5.74) is 3.57. The van der Waals surface area contributed by atoms with Crippen molar-refractivity contribution in [2.24, 2.45) is 5.10 Å². The molecule has 0 fully saturated rings. The normalized spacial score (nSPS) is 11.2. The van der Waals surface area contributed by atoms with Crippen molar-refractivity contribution in [2.45, 2.75) is 6.54 Å². The second-order valence-corrected chi connectivity index (χ2v) is 9.66. The highest BCUT2D eigenvalue weighted by Gasteiger charge is 2.20. The quantitative estimate of drug-likeness (QED) is 0.109. The molecular weight excluding hydrogens is 543 g/mol. The van der Waals surface area contributed by atoms with Crippen molar-refractivity contribution >= 4 is 51.1 Å². The number of carbonyl (C=O) groups excluding carboxylic acids is 2. The number of hydrogen-bond donors (Lipinski definition) is 1. The van der Waals surface area contributed by atoms with E-state index in [1.54, 1.807) is 42.6 Å². The van der Waals surface area contributed by atoms with Crippen LogP contribution in [-0.4, -0.2) is 35.0 Å². The molecule has 0 spiro atoms. The van der Waals surface area contributed by atoms with E-state index < -0.39 is 11.9 Å². The van der Waals surface area contributed by atoms with Crippen LogP contribution in [0.1, 0.15) is 31.3 Å². The van der Waals surface area contributed by atoms with Crippen molar-refractivity contribution in [3.63, 3.8) is 0 Å². The van der Waals surface area contributed by atoms with E-state index in [4.69, 9.17) is 21.1 Å². The molecule has 1 N–H and O–H groups in total.